The molecule has 0 saturated carbocycles. The fraction of sp³-hybridized carbons (Fsp3) is 0.310. The summed E-state index contributed by atoms with van der Waals surface area (Å²) < 4.78 is 0.965. The molecule has 2 aliphatic carbocycles. The molecule has 1 heterocycles. The summed E-state index contributed by atoms with van der Waals surface area (Å²) in [6.45, 7) is 23.7. The van der Waals surface area contributed by atoms with E-state index in [1.165, 1.54) is 91.6 Å². The molecular weight excluding hydrogens is 887 g/mol. The van der Waals surface area contributed by atoms with Crippen LogP contribution < -0.4 is 13.6 Å². The number of rotatable bonds is 9. The van der Waals surface area contributed by atoms with Crippen molar-refractivity contribution in [3.8, 4) is 33.4 Å². The first kappa shape index (κ1) is 43.7. The van der Waals surface area contributed by atoms with Crippen molar-refractivity contribution in [2.24, 2.45) is 10.8 Å². The van der Waals surface area contributed by atoms with E-state index in [1.54, 1.807) is 0 Å². The summed E-state index contributed by atoms with van der Waals surface area (Å²) in [5, 5.41) is 2.95. The minimum absolute atomic E-state index is 0.160. The van der Waals surface area contributed by atoms with Gasteiger partial charge in [0.1, 0.15) is 0 Å². The van der Waals surface area contributed by atoms with Crippen LogP contribution in [-0.2, 0) is 16.4 Å². The predicted molar refractivity (Wildman–Crippen MR) is 273 cm³/mol. The van der Waals surface area contributed by atoms with Crippen molar-refractivity contribution < 1.29 is 16.4 Å². The van der Waals surface area contributed by atoms with Gasteiger partial charge in [0.15, 0.2) is 0 Å². The van der Waals surface area contributed by atoms with E-state index in [0.717, 1.165) is 12.8 Å². The van der Waals surface area contributed by atoms with E-state index in [0.29, 0.717) is 11.8 Å². The van der Waals surface area contributed by atoms with Gasteiger partial charge in [-0.2, -0.15) is 0 Å². The van der Waals surface area contributed by atoms with Gasteiger partial charge in [0.25, 0.3) is 0 Å². The molecule has 0 radical (unpaired) electrons. The zero-order valence-corrected chi connectivity index (χ0v) is 43.8. The second kappa shape index (κ2) is 15.9. The first-order valence-electron chi connectivity index (χ1n) is 23.1. The molecule has 4 unspecified atom stereocenters. The van der Waals surface area contributed by atoms with E-state index in [1.807, 2.05) is 0 Å². The molecule has 0 amide bonds. The van der Waals surface area contributed by atoms with Crippen LogP contribution >= 0.6 is 17.0 Å². The molecule has 4 heteroatoms. The fourth-order valence-corrected chi connectivity index (χ4v) is 39.9. The Morgan fingerprint density at radius 2 is 0.903 bits per heavy atom. The molecule has 3 aliphatic rings. The molecule has 0 nitrogen and oxygen atoms in total. The molecule has 0 spiro atoms. The Labute approximate surface area is 383 Å². The van der Waals surface area contributed by atoms with Crippen molar-refractivity contribution >= 4 is 52.3 Å². The first-order valence-corrected chi connectivity index (χ1v) is 35.0. The molecule has 4 atom stereocenters. The van der Waals surface area contributed by atoms with E-state index in [-0.39, 0.29) is 18.1 Å². The van der Waals surface area contributed by atoms with Gasteiger partial charge in [-0.05, 0) is 0 Å². The van der Waals surface area contributed by atoms with Gasteiger partial charge in [-0.15, -0.1) is 0 Å². The van der Waals surface area contributed by atoms with Gasteiger partial charge in [-0.1, -0.05) is 0 Å². The van der Waals surface area contributed by atoms with E-state index in [4.69, 9.17) is 0 Å². The van der Waals surface area contributed by atoms with Gasteiger partial charge >= 0.3 is 386 Å². The van der Waals surface area contributed by atoms with Gasteiger partial charge in [0, 0.05) is 0 Å². The number of allylic oxidation sites excluding steroid dienone is 2. The molecule has 0 N–H and O–H groups in total. The second-order valence-corrected chi connectivity index (χ2v) is 43.2. The van der Waals surface area contributed by atoms with Crippen LogP contribution in [0.5, 0.6) is 0 Å². The summed E-state index contributed by atoms with van der Waals surface area (Å²) in [4.78, 5) is 0. The topological polar surface area (TPSA) is 0 Å². The summed E-state index contributed by atoms with van der Waals surface area (Å²) in [5.41, 5.74) is 18.2. The summed E-state index contributed by atoms with van der Waals surface area (Å²) in [5.74, 6) is 0.868. The quantitative estimate of drug-likeness (QED) is 0.127. The van der Waals surface area contributed by atoms with Gasteiger partial charge in [-0.3, -0.25) is 0 Å². The Bertz CT molecular complexity index is 2670. The third-order valence-electron chi connectivity index (χ3n) is 15.1. The van der Waals surface area contributed by atoms with Crippen LogP contribution in [-0.4, -0.2) is 9.52 Å². The van der Waals surface area contributed by atoms with Crippen molar-refractivity contribution in [1.82, 2.24) is 0 Å². The van der Waals surface area contributed by atoms with Crippen molar-refractivity contribution in [2.75, 3.05) is 0 Å². The maximum absolute atomic E-state index is 9.54. The monoisotopic (exact) mass is 947 g/mol. The number of halogens is 2. The summed E-state index contributed by atoms with van der Waals surface area (Å²) in [7, 11) is 18.2. The predicted octanol–water partition coefficient (Wildman–Crippen LogP) is 15.1. The first-order chi connectivity index (χ1) is 29.5. The summed E-state index contributed by atoms with van der Waals surface area (Å²) in [6.07, 6.45) is 7.26. The normalized spacial score (nSPS) is 18.9. The number of hydrogen-bond acceptors (Lipinski definition) is 0. The summed E-state index contributed by atoms with van der Waals surface area (Å²) >= 11 is -5.81. The number of hydrogen-bond donors (Lipinski definition) is 0. The van der Waals surface area contributed by atoms with Gasteiger partial charge in [0.05, 0.1) is 0 Å². The molecule has 0 bridgehead atoms. The van der Waals surface area contributed by atoms with Crippen molar-refractivity contribution in [3.63, 3.8) is 0 Å². The second-order valence-electron chi connectivity index (χ2n) is 20.8. The third-order valence-corrected chi connectivity index (χ3v) is 37.6. The molecule has 9 rings (SSSR count). The average Bonchev–Trinajstić information content (AvgIpc) is 3.99. The van der Waals surface area contributed by atoms with Crippen molar-refractivity contribution in [2.45, 2.75) is 101 Å². The molecule has 0 saturated heterocycles. The van der Waals surface area contributed by atoms with Crippen LogP contribution in [0.4, 0.5) is 0 Å². The Morgan fingerprint density at radius 1 is 0.500 bits per heavy atom. The molecule has 0 aromatic heterocycles. The Morgan fingerprint density at radius 3 is 1.37 bits per heavy atom. The van der Waals surface area contributed by atoms with Crippen LogP contribution in [0.2, 0.25) is 0 Å². The van der Waals surface area contributed by atoms with E-state index in [9.17, 15) is 17.0 Å². The van der Waals surface area contributed by atoms with Crippen molar-refractivity contribution in [3.05, 3.63) is 172 Å². The van der Waals surface area contributed by atoms with Crippen LogP contribution in [0.1, 0.15) is 135 Å². The standard InChI is InChI=1S/2C23H27.C12H9Si.2ClH.Zr/c2*1-6-16(2)19-11-7-8-12-20(19)21-13-9-10-17-14-18(15-22(17)21)23(3,4)5;1-3-7-11-9(5-1)10-6-2-4-8-12(10)13-11;;;/h2*7-16H,6H2,1-5H3;1-7H,13H2;2*1H;/q;;;;;+2/p-2. The molecule has 317 valence electrons. The molecule has 6 aromatic carbocycles. The van der Waals surface area contributed by atoms with Gasteiger partial charge < -0.3 is 0 Å². The maximum atomic E-state index is 9.54. The van der Waals surface area contributed by atoms with Crippen molar-refractivity contribution in [1.29, 1.82) is 0 Å². The fourth-order valence-electron chi connectivity index (χ4n) is 11.6. The van der Waals surface area contributed by atoms with Crippen LogP contribution in [0.3, 0.4) is 0 Å². The van der Waals surface area contributed by atoms with Gasteiger partial charge in [-0.25, -0.2) is 0 Å². The minimum atomic E-state index is -5.81. The van der Waals surface area contributed by atoms with Crippen LogP contribution in [0.25, 0.3) is 45.5 Å². The van der Waals surface area contributed by atoms with E-state index < -0.39 is 25.9 Å². The van der Waals surface area contributed by atoms with E-state index in [2.05, 4.69) is 209 Å². The summed E-state index contributed by atoms with van der Waals surface area (Å²) in [6, 6.07) is 48.4. The average molecular weight is 950 g/mol. The van der Waals surface area contributed by atoms with Crippen LogP contribution in [0, 0.1) is 10.8 Å². The van der Waals surface area contributed by atoms with Gasteiger partial charge in [0.2, 0.25) is 0 Å². The number of fused-ring (bicyclic) bond motifs is 5. The SMILES string of the molecule is CCC(C)c1ccccc1-c1cccc2c1C=C(C(C)(C)C)[CH]2[Zr]([Cl])([Cl])([c]1cccc2c1[SiH2]c1ccccc1-2)[CH]1C(C(C)(C)C)=Cc2c(-c3ccccc3C(C)CC)cccc21. The zero-order chi connectivity index (χ0) is 44.0. The molecule has 1 aliphatic heterocycles. The molecule has 0 fully saturated rings. The molecule has 62 heavy (non-hydrogen) atoms. The van der Waals surface area contributed by atoms with E-state index >= 15 is 0 Å². The molecule has 6 aromatic rings. The zero-order valence-electron chi connectivity index (χ0n) is 38.5. The third kappa shape index (κ3) is 6.84. The van der Waals surface area contributed by atoms with Crippen LogP contribution in [0.15, 0.2) is 139 Å². The Balaban J connectivity index is 1.40. The number of benzene rings is 6. The Kier molecular flexibility index (Phi) is 11.2. The Hall–Kier alpha value is -3.52. The molecular formula is C58H63Cl2SiZr.